The zero-order valence-corrected chi connectivity index (χ0v) is 26.5. The van der Waals surface area contributed by atoms with Crippen LogP contribution < -0.4 is 9.64 Å². The lowest BCUT2D eigenvalue weighted by Gasteiger charge is -2.39. The molecule has 240 valence electrons. The summed E-state index contributed by atoms with van der Waals surface area (Å²) in [5, 5.41) is 10.6. The Balaban J connectivity index is 1.56. The summed E-state index contributed by atoms with van der Waals surface area (Å²) in [5.41, 5.74) is 0.399. The van der Waals surface area contributed by atoms with Crippen molar-refractivity contribution < 1.29 is 29.0 Å². The van der Waals surface area contributed by atoms with Gasteiger partial charge in [-0.25, -0.2) is 0 Å². The van der Waals surface area contributed by atoms with Gasteiger partial charge in [0.15, 0.2) is 0 Å². The van der Waals surface area contributed by atoms with E-state index in [0.717, 1.165) is 5.56 Å². The topological polar surface area (TPSA) is 99.6 Å². The van der Waals surface area contributed by atoms with Gasteiger partial charge in [0.2, 0.25) is 11.8 Å². The molecule has 3 heterocycles. The van der Waals surface area contributed by atoms with Crippen LogP contribution in [0.1, 0.15) is 38.7 Å². The van der Waals surface area contributed by atoms with Crippen LogP contribution in [0.3, 0.4) is 0 Å². The number of benzene rings is 2. The zero-order valence-electron chi connectivity index (χ0n) is 26.5. The third-order valence-electron chi connectivity index (χ3n) is 9.44. The second-order valence-electron chi connectivity index (χ2n) is 12.7. The molecule has 3 amide bonds. The van der Waals surface area contributed by atoms with Gasteiger partial charge in [-0.15, -0.1) is 13.2 Å². The molecule has 3 fully saturated rings. The van der Waals surface area contributed by atoms with Crippen molar-refractivity contribution in [1.82, 2.24) is 9.80 Å². The molecule has 2 aromatic carbocycles. The van der Waals surface area contributed by atoms with Gasteiger partial charge in [0, 0.05) is 25.3 Å². The molecule has 0 saturated carbocycles. The number of fused-ring (bicyclic) bond motifs is 1. The third-order valence-corrected chi connectivity index (χ3v) is 9.44. The molecule has 9 heteroatoms. The summed E-state index contributed by atoms with van der Waals surface area (Å²) in [6.07, 6.45) is 4.37. The van der Waals surface area contributed by atoms with Gasteiger partial charge >= 0.3 is 0 Å². The van der Waals surface area contributed by atoms with Crippen LogP contribution in [0.4, 0.5) is 5.69 Å². The van der Waals surface area contributed by atoms with Gasteiger partial charge in [0.05, 0.1) is 37.7 Å². The molecule has 1 spiro atoms. The van der Waals surface area contributed by atoms with E-state index in [2.05, 4.69) is 13.2 Å². The lowest BCUT2D eigenvalue weighted by atomic mass is 9.70. The van der Waals surface area contributed by atoms with Crippen LogP contribution >= 0.6 is 0 Å². The molecule has 1 N–H and O–H groups in total. The highest BCUT2D eigenvalue weighted by atomic mass is 16.5. The van der Waals surface area contributed by atoms with Gasteiger partial charge in [-0.1, -0.05) is 56.3 Å². The maximum atomic E-state index is 14.8. The number of nitrogens with zero attached hydrogens (tertiary/aromatic N) is 3. The minimum Gasteiger partial charge on any atom is -0.497 e. The van der Waals surface area contributed by atoms with Crippen molar-refractivity contribution in [1.29, 1.82) is 0 Å². The van der Waals surface area contributed by atoms with E-state index in [0.29, 0.717) is 43.8 Å². The summed E-state index contributed by atoms with van der Waals surface area (Å²) >= 11 is 0. The highest BCUT2D eigenvalue weighted by Gasteiger charge is 2.75. The van der Waals surface area contributed by atoms with Crippen molar-refractivity contribution in [2.24, 2.45) is 17.8 Å². The molecule has 6 atom stereocenters. The van der Waals surface area contributed by atoms with Crippen LogP contribution in [-0.4, -0.2) is 83.2 Å². The Morgan fingerprint density at radius 2 is 1.78 bits per heavy atom. The molecular weight excluding hydrogens is 570 g/mol. The molecule has 5 rings (SSSR count). The lowest BCUT2D eigenvalue weighted by Crippen LogP contribution is -2.59. The van der Waals surface area contributed by atoms with Crippen LogP contribution in [0.2, 0.25) is 0 Å². The molecule has 9 nitrogen and oxygen atoms in total. The fourth-order valence-corrected chi connectivity index (χ4v) is 7.63. The monoisotopic (exact) mass is 615 g/mol. The lowest BCUT2D eigenvalue weighted by molar-refractivity contribution is -0.147. The number of carbonyl (C=O) groups is 3. The summed E-state index contributed by atoms with van der Waals surface area (Å²) in [6, 6.07) is 15.2. The maximum absolute atomic E-state index is 14.8. The van der Waals surface area contributed by atoms with Crippen LogP contribution in [0.5, 0.6) is 5.75 Å². The SMILES string of the molecule is C=CCN(Cc1ccccc1)C(=O)[C@@H]1[C@@H]2CCC3(O2)C(C(=O)N(CC=C)c2ccc(OC)cc2)N([C@@H](CO)CC(C)C)C(=O)[C@H]13. The van der Waals surface area contributed by atoms with Crippen LogP contribution in [0.25, 0.3) is 0 Å². The highest BCUT2D eigenvalue weighted by Crippen LogP contribution is 2.59. The van der Waals surface area contributed by atoms with Crippen molar-refractivity contribution >= 4 is 23.4 Å². The van der Waals surface area contributed by atoms with Gasteiger partial charge in [0.25, 0.3) is 5.91 Å². The fraction of sp³-hybridized carbons (Fsp3) is 0.472. The number of likely N-dealkylation sites (tertiary alicyclic amines) is 1. The van der Waals surface area contributed by atoms with Crippen molar-refractivity contribution in [2.45, 2.75) is 63.4 Å². The van der Waals surface area contributed by atoms with Gasteiger partial charge in [-0.2, -0.15) is 0 Å². The number of rotatable bonds is 14. The number of hydrogen-bond donors (Lipinski definition) is 1. The summed E-state index contributed by atoms with van der Waals surface area (Å²) in [7, 11) is 1.58. The summed E-state index contributed by atoms with van der Waals surface area (Å²) in [5.74, 6) is -1.60. The first kappa shape index (κ1) is 32.4. The minimum atomic E-state index is -1.19. The first-order valence-electron chi connectivity index (χ1n) is 15.8. The minimum absolute atomic E-state index is 0.151. The molecule has 3 saturated heterocycles. The van der Waals surface area contributed by atoms with Crippen molar-refractivity contribution in [2.75, 3.05) is 31.7 Å². The van der Waals surface area contributed by atoms with Crippen LogP contribution in [0, 0.1) is 17.8 Å². The van der Waals surface area contributed by atoms with Crippen LogP contribution in [0.15, 0.2) is 79.9 Å². The molecule has 45 heavy (non-hydrogen) atoms. The Labute approximate surface area is 266 Å². The van der Waals surface area contributed by atoms with Gasteiger partial charge in [-0.3, -0.25) is 14.4 Å². The summed E-state index contributed by atoms with van der Waals surface area (Å²) in [6.45, 7) is 12.4. The fourth-order valence-electron chi connectivity index (χ4n) is 7.63. The second-order valence-corrected chi connectivity index (χ2v) is 12.7. The van der Waals surface area contributed by atoms with E-state index in [1.807, 2.05) is 44.2 Å². The Bertz CT molecular complexity index is 1400. The number of aliphatic hydroxyl groups excluding tert-OH is 1. The molecule has 0 aromatic heterocycles. The first-order chi connectivity index (χ1) is 21.7. The van der Waals surface area contributed by atoms with E-state index in [-0.39, 0.29) is 36.8 Å². The van der Waals surface area contributed by atoms with E-state index in [9.17, 15) is 19.5 Å². The molecule has 3 aliphatic heterocycles. The Morgan fingerprint density at radius 3 is 2.38 bits per heavy atom. The number of ether oxygens (including phenoxy) is 2. The van der Waals surface area contributed by atoms with E-state index < -0.39 is 35.6 Å². The number of carbonyl (C=O) groups excluding carboxylic acids is 3. The smallest absolute Gasteiger partial charge is 0.253 e. The van der Waals surface area contributed by atoms with E-state index in [1.54, 1.807) is 58.2 Å². The molecule has 0 aliphatic carbocycles. The number of methoxy groups -OCH3 is 1. The average molecular weight is 616 g/mol. The average Bonchev–Trinajstić information content (AvgIpc) is 3.69. The van der Waals surface area contributed by atoms with E-state index >= 15 is 0 Å². The molecular formula is C36H45N3O6. The summed E-state index contributed by atoms with van der Waals surface area (Å²) in [4.78, 5) is 48.7. The Kier molecular flexibility index (Phi) is 9.79. The molecule has 0 radical (unpaired) electrons. The number of amides is 3. The molecule has 2 aromatic rings. The quantitative estimate of drug-likeness (QED) is 0.320. The predicted octanol–water partition coefficient (Wildman–Crippen LogP) is 4.21. The first-order valence-corrected chi connectivity index (χ1v) is 15.8. The number of aliphatic hydroxyl groups is 1. The highest BCUT2D eigenvalue weighted by molar-refractivity contribution is 6.05. The van der Waals surface area contributed by atoms with Gasteiger partial charge in [-0.05, 0) is 55.0 Å². The Morgan fingerprint density at radius 1 is 1.09 bits per heavy atom. The standard InChI is InChI=1S/C36H45N3O6/c1-6-19-37(22-25-11-9-8-10-12-25)33(41)30-29-17-18-36(45-29)31(30)34(42)39(27(23-40)21-24(3)4)32(36)35(43)38(20-7-2)26-13-15-28(44-5)16-14-26/h6-16,24,27,29-32,40H,1-2,17-23H2,3-5H3/t27-,29+,30-,31+,32?,36?/m1/s1. The molecule has 2 bridgehead atoms. The largest absolute Gasteiger partial charge is 0.497 e. The molecule has 3 aliphatic rings. The van der Waals surface area contributed by atoms with E-state index in [4.69, 9.17) is 9.47 Å². The van der Waals surface area contributed by atoms with E-state index in [1.165, 1.54) is 0 Å². The normalized spacial score (nSPS) is 25.6. The number of hydrogen-bond acceptors (Lipinski definition) is 6. The van der Waals surface area contributed by atoms with Crippen molar-refractivity contribution in [3.8, 4) is 5.75 Å². The van der Waals surface area contributed by atoms with Crippen molar-refractivity contribution in [3.05, 3.63) is 85.5 Å². The Hall–Kier alpha value is -3.95. The van der Waals surface area contributed by atoms with Crippen LogP contribution in [-0.2, 0) is 25.7 Å². The molecule has 2 unspecified atom stereocenters. The maximum Gasteiger partial charge on any atom is 0.253 e. The van der Waals surface area contributed by atoms with Gasteiger partial charge in [0.1, 0.15) is 17.4 Å². The zero-order chi connectivity index (χ0) is 32.3. The third kappa shape index (κ3) is 5.91. The second kappa shape index (κ2) is 13.6. The van der Waals surface area contributed by atoms with Gasteiger partial charge < -0.3 is 29.3 Å². The summed E-state index contributed by atoms with van der Waals surface area (Å²) < 4.78 is 12.0. The predicted molar refractivity (Wildman–Crippen MR) is 172 cm³/mol. The van der Waals surface area contributed by atoms with Crippen molar-refractivity contribution in [3.63, 3.8) is 0 Å². The number of anilines is 1.